The van der Waals surface area contributed by atoms with E-state index in [-0.39, 0.29) is 12.5 Å². The molecule has 1 aromatic heterocycles. The number of carbonyl (C=O) groups excluding carboxylic acids is 1. The van der Waals surface area contributed by atoms with Crippen LogP contribution < -0.4 is 10.6 Å². The number of aliphatic carboxylic acids is 1. The summed E-state index contributed by atoms with van der Waals surface area (Å²) < 4.78 is 1.49. The van der Waals surface area contributed by atoms with Crippen molar-refractivity contribution in [1.29, 1.82) is 0 Å². The van der Waals surface area contributed by atoms with Gasteiger partial charge in [-0.25, -0.2) is 4.79 Å². The Morgan fingerprint density at radius 2 is 2.32 bits per heavy atom. The molecule has 1 saturated carbocycles. The number of carboxylic acid groups (broad SMARTS) is 1. The Labute approximate surface area is 111 Å². The van der Waals surface area contributed by atoms with Crippen molar-refractivity contribution in [2.75, 3.05) is 5.32 Å². The molecule has 0 saturated heterocycles. The van der Waals surface area contributed by atoms with Gasteiger partial charge in [0.05, 0.1) is 11.9 Å². The molecule has 1 heterocycles. The molecule has 19 heavy (non-hydrogen) atoms. The minimum absolute atomic E-state index is 0.0672. The summed E-state index contributed by atoms with van der Waals surface area (Å²) in [6, 6.07) is -0.310. The van der Waals surface area contributed by atoms with Crippen LogP contribution in [0.15, 0.2) is 12.4 Å². The van der Waals surface area contributed by atoms with Crippen LogP contribution in [0.2, 0.25) is 0 Å². The van der Waals surface area contributed by atoms with Gasteiger partial charge in [0.2, 0.25) is 5.91 Å². The number of carbonyl (C=O) groups is 2. The van der Waals surface area contributed by atoms with Crippen LogP contribution in [-0.4, -0.2) is 38.8 Å². The van der Waals surface area contributed by atoms with E-state index in [0.717, 1.165) is 12.8 Å². The van der Waals surface area contributed by atoms with Gasteiger partial charge >= 0.3 is 5.97 Å². The van der Waals surface area contributed by atoms with Crippen LogP contribution in [0.1, 0.15) is 26.2 Å². The Morgan fingerprint density at radius 3 is 2.89 bits per heavy atom. The van der Waals surface area contributed by atoms with Crippen molar-refractivity contribution in [1.82, 2.24) is 15.1 Å². The number of rotatable bonds is 7. The van der Waals surface area contributed by atoms with E-state index < -0.39 is 12.0 Å². The van der Waals surface area contributed by atoms with E-state index in [4.69, 9.17) is 5.11 Å². The number of nitrogens with one attached hydrogen (secondary N) is 2. The Kier molecular flexibility index (Phi) is 4.03. The van der Waals surface area contributed by atoms with Crippen LogP contribution in [-0.2, 0) is 16.1 Å². The molecule has 1 aliphatic rings. The number of amides is 1. The summed E-state index contributed by atoms with van der Waals surface area (Å²) in [5.74, 6) is -0.968. The lowest BCUT2D eigenvalue weighted by molar-refractivity contribution is -0.138. The molecule has 1 aliphatic carbocycles. The van der Waals surface area contributed by atoms with Gasteiger partial charge in [-0.3, -0.25) is 9.48 Å². The first kappa shape index (κ1) is 13.4. The zero-order valence-corrected chi connectivity index (χ0v) is 10.8. The molecule has 2 rings (SSSR count). The first-order valence-electron chi connectivity index (χ1n) is 6.39. The highest BCUT2D eigenvalue weighted by molar-refractivity contribution is 5.77. The molecule has 1 unspecified atom stereocenters. The number of hydrogen-bond acceptors (Lipinski definition) is 4. The summed E-state index contributed by atoms with van der Waals surface area (Å²) in [5, 5.41) is 18.7. The molecule has 1 aromatic rings. The van der Waals surface area contributed by atoms with Crippen molar-refractivity contribution in [3.05, 3.63) is 12.4 Å². The summed E-state index contributed by atoms with van der Waals surface area (Å²) in [4.78, 5) is 22.5. The third-order valence-corrected chi connectivity index (χ3v) is 2.93. The van der Waals surface area contributed by atoms with Crippen molar-refractivity contribution in [3.8, 4) is 0 Å². The number of nitrogens with zero attached hydrogens (tertiary/aromatic N) is 2. The lowest BCUT2D eigenvalue weighted by Crippen LogP contribution is -2.29. The molecule has 0 aliphatic heterocycles. The SMILES string of the molecule is CCC(Nc1cnn(CC(=O)NC2CC2)c1)C(=O)O. The topological polar surface area (TPSA) is 96.3 Å². The van der Waals surface area contributed by atoms with E-state index in [1.165, 1.54) is 10.9 Å². The van der Waals surface area contributed by atoms with E-state index in [9.17, 15) is 9.59 Å². The number of hydrogen-bond donors (Lipinski definition) is 3. The number of carboxylic acids is 1. The lowest BCUT2D eigenvalue weighted by Gasteiger charge is -2.11. The number of anilines is 1. The maximum Gasteiger partial charge on any atom is 0.326 e. The van der Waals surface area contributed by atoms with Gasteiger partial charge in [-0.15, -0.1) is 0 Å². The highest BCUT2D eigenvalue weighted by Gasteiger charge is 2.23. The Hall–Kier alpha value is -2.05. The fourth-order valence-electron chi connectivity index (χ4n) is 1.71. The van der Waals surface area contributed by atoms with Crippen LogP contribution in [0, 0.1) is 0 Å². The molecule has 104 valence electrons. The molecule has 1 fully saturated rings. The zero-order valence-electron chi connectivity index (χ0n) is 10.8. The molecule has 0 radical (unpaired) electrons. The average Bonchev–Trinajstić information content (AvgIpc) is 3.04. The molecular formula is C12H18N4O3. The summed E-state index contributed by atoms with van der Waals surface area (Å²) in [6.07, 6.45) is 5.74. The second-order valence-electron chi connectivity index (χ2n) is 4.71. The molecule has 1 atom stereocenters. The fraction of sp³-hybridized carbons (Fsp3) is 0.583. The number of aromatic nitrogens is 2. The van der Waals surface area contributed by atoms with Crippen LogP contribution in [0.4, 0.5) is 5.69 Å². The van der Waals surface area contributed by atoms with E-state index >= 15 is 0 Å². The molecular weight excluding hydrogens is 248 g/mol. The quantitative estimate of drug-likeness (QED) is 0.665. The predicted octanol–water partition coefficient (Wildman–Crippen LogP) is 0.437. The van der Waals surface area contributed by atoms with Gasteiger partial charge < -0.3 is 15.7 Å². The van der Waals surface area contributed by atoms with Gasteiger partial charge in [0.15, 0.2) is 0 Å². The zero-order chi connectivity index (χ0) is 13.8. The van der Waals surface area contributed by atoms with Gasteiger partial charge in [-0.1, -0.05) is 6.92 Å². The van der Waals surface area contributed by atoms with Crippen LogP contribution >= 0.6 is 0 Å². The van der Waals surface area contributed by atoms with Crippen LogP contribution in [0.3, 0.4) is 0 Å². The van der Waals surface area contributed by atoms with Gasteiger partial charge in [-0.2, -0.15) is 5.10 Å². The lowest BCUT2D eigenvalue weighted by atomic mass is 10.2. The monoisotopic (exact) mass is 266 g/mol. The molecule has 3 N–H and O–H groups in total. The predicted molar refractivity (Wildman–Crippen MR) is 68.7 cm³/mol. The maximum absolute atomic E-state index is 11.6. The minimum atomic E-state index is -0.901. The molecule has 0 bridgehead atoms. The van der Waals surface area contributed by atoms with Gasteiger partial charge in [0.1, 0.15) is 12.6 Å². The summed E-state index contributed by atoms with van der Waals surface area (Å²) in [7, 11) is 0. The van der Waals surface area contributed by atoms with Crippen molar-refractivity contribution < 1.29 is 14.7 Å². The highest BCUT2D eigenvalue weighted by atomic mass is 16.4. The summed E-state index contributed by atoms with van der Waals surface area (Å²) in [5.41, 5.74) is 0.605. The maximum atomic E-state index is 11.6. The third kappa shape index (κ3) is 3.97. The van der Waals surface area contributed by atoms with E-state index in [0.29, 0.717) is 18.2 Å². The Balaban J connectivity index is 1.86. The largest absolute Gasteiger partial charge is 0.480 e. The third-order valence-electron chi connectivity index (χ3n) is 2.93. The van der Waals surface area contributed by atoms with Crippen molar-refractivity contribution in [2.24, 2.45) is 0 Å². The Bertz CT molecular complexity index is 467. The standard InChI is InChI=1S/C12H18N4O3/c1-2-10(12(18)19)14-9-5-13-16(6-9)7-11(17)15-8-3-4-8/h5-6,8,10,14H,2-4,7H2,1H3,(H,15,17)(H,18,19). The van der Waals surface area contributed by atoms with E-state index in [1.54, 1.807) is 13.1 Å². The normalized spacial score (nSPS) is 15.8. The second kappa shape index (κ2) is 5.73. The second-order valence-corrected chi connectivity index (χ2v) is 4.71. The average molecular weight is 266 g/mol. The summed E-state index contributed by atoms with van der Waals surface area (Å²) >= 11 is 0. The molecule has 0 aromatic carbocycles. The van der Waals surface area contributed by atoms with E-state index in [2.05, 4.69) is 15.7 Å². The first-order chi connectivity index (χ1) is 9.08. The van der Waals surface area contributed by atoms with Crippen LogP contribution in [0.5, 0.6) is 0 Å². The molecule has 1 amide bonds. The van der Waals surface area contributed by atoms with Crippen molar-refractivity contribution in [3.63, 3.8) is 0 Å². The Morgan fingerprint density at radius 1 is 1.58 bits per heavy atom. The first-order valence-corrected chi connectivity index (χ1v) is 6.39. The van der Waals surface area contributed by atoms with Crippen molar-refractivity contribution in [2.45, 2.75) is 44.8 Å². The van der Waals surface area contributed by atoms with Gasteiger partial charge in [-0.05, 0) is 19.3 Å². The van der Waals surface area contributed by atoms with E-state index in [1.807, 2.05) is 0 Å². The highest BCUT2D eigenvalue weighted by Crippen LogP contribution is 2.18. The van der Waals surface area contributed by atoms with Gasteiger partial charge in [0.25, 0.3) is 0 Å². The van der Waals surface area contributed by atoms with Crippen molar-refractivity contribution >= 4 is 17.6 Å². The molecule has 0 spiro atoms. The summed E-state index contributed by atoms with van der Waals surface area (Å²) in [6.45, 7) is 1.95. The van der Waals surface area contributed by atoms with Gasteiger partial charge in [0, 0.05) is 12.2 Å². The smallest absolute Gasteiger partial charge is 0.326 e. The molecule has 7 nitrogen and oxygen atoms in total. The fourth-order valence-corrected chi connectivity index (χ4v) is 1.71. The minimum Gasteiger partial charge on any atom is -0.480 e. The van der Waals surface area contributed by atoms with Crippen LogP contribution in [0.25, 0.3) is 0 Å². The molecule has 7 heteroatoms.